The van der Waals surface area contributed by atoms with Gasteiger partial charge >= 0.3 is 0 Å². The molecule has 0 atom stereocenters. The van der Waals surface area contributed by atoms with Gasteiger partial charge in [-0.3, -0.25) is 9.59 Å². The van der Waals surface area contributed by atoms with Crippen molar-refractivity contribution in [1.82, 2.24) is 9.97 Å². The number of nitrogens with two attached hydrogens (primary N) is 1. The summed E-state index contributed by atoms with van der Waals surface area (Å²) in [5, 5.41) is 8.45. The monoisotopic (exact) mass is 488 g/mol. The number of Topliss-reactive ketones (excluding diaryl/α,β-unsaturated/α-hetero) is 1. The Kier molecular flexibility index (Phi) is 6.92. The van der Waals surface area contributed by atoms with Crippen molar-refractivity contribution in [2.45, 2.75) is 0 Å². The quantitative estimate of drug-likeness (QED) is 0.323. The molecule has 0 saturated carbocycles. The summed E-state index contributed by atoms with van der Waals surface area (Å²) in [7, 11) is 1.58. The summed E-state index contributed by atoms with van der Waals surface area (Å²) in [6.07, 6.45) is 1.43. The van der Waals surface area contributed by atoms with Gasteiger partial charge in [-0.2, -0.15) is 4.98 Å². The summed E-state index contributed by atoms with van der Waals surface area (Å²) >= 11 is 7.48. The molecule has 0 aliphatic carbocycles. The van der Waals surface area contributed by atoms with E-state index >= 15 is 0 Å². The number of amides is 1. The number of halogens is 1. The molecule has 10 nitrogen and oxygen atoms in total. The molecule has 0 unspecified atom stereocenters. The lowest BCUT2D eigenvalue weighted by Crippen LogP contribution is -2.36. The minimum atomic E-state index is -1.04. The summed E-state index contributed by atoms with van der Waals surface area (Å²) in [4.78, 5) is 34.2. The number of carbonyl (C=O) groups excluding carboxylic acids is 2. The molecular weight excluding hydrogens is 468 g/mol. The van der Waals surface area contributed by atoms with Crippen LogP contribution in [-0.4, -0.2) is 55.1 Å². The normalized spacial score (nSPS) is 13.5. The second kappa shape index (κ2) is 10.0. The Balaban J connectivity index is 1.59. The highest BCUT2D eigenvalue weighted by Gasteiger charge is 2.20. The number of thiophene rings is 1. The SMILES string of the molecule is COc1ccc(N2CCOCC2)cc1Nc1ncc(Cl)c(Nc2sccc2C(=O)C(N)=O)n1. The highest BCUT2D eigenvalue weighted by atomic mass is 35.5. The second-order valence-electron chi connectivity index (χ2n) is 6.98. The Morgan fingerprint density at radius 3 is 2.76 bits per heavy atom. The zero-order valence-corrected chi connectivity index (χ0v) is 19.2. The lowest BCUT2D eigenvalue weighted by atomic mass is 10.2. The lowest BCUT2D eigenvalue weighted by Gasteiger charge is -2.29. The van der Waals surface area contributed by atoms with Crippen LogP contribution in [0.4, 0.5) is 28.1 Å². The van der Waals surface area contributed by atoms with Crippen LogP contribution in [0.2, 0.25) is 5.02 Å². The first-order valence-electron chi connectivity index (χ1n) is 9.95. The number of nitrogens with zero attached hydrogens (tertiary/aromatic N) is 3. The van der Waals surface area contributed by atoms with Gasteiger partial charge < -0.3 is 30.7 Å². The van der Waals surface area contributed by atoms with E-state index in [-0.39, 0.29) is 22.4 Å². The van der Waals surface area contributed by atoms with Gasteiger partial charge in [-0.05, 0) is 29.6 Å². The van der Waals surface area contributed by atoms with E-state index in [2.05, 4.69) is 25.5 Å². The molecule has 1 fully saturated rings. The highest BCUT2D eigenvalue weighted by Crippen LogP contribution is 2.34. The van der Waals surface area contributed by atoms with Crippen LogP contribution in [0.5, 0.6) is 5.75 Å². The number of hydrogen-bond donors (Lipinski definition) is 3. The van der Waals surface area contributed by atoms with E-state index in [1.807, 2.05) is 18.2 Å². The third-order valence-corrected chi connectivity index (χ3v) is 6.02. The highest BCUT2D eigenvalue weighted by molar-refractivity contribution is 7.14. The maximum absolute atomic E-state index is 12.0. The first-order valence-corrected chi connectivity index (χ1v) is 11.2. The lowest BCUT2D eigenvalue weighted by molar-refractivity contribution is -0.114. The third kappa shape index (κ3) is 5.16. The van der Waals surface area contributed by atoms with Crippen molar-refractivity contribution >= 4 is 62.8 Å². The molecular formula is C21H21ClN6O4S. The van der Waals surface area contributed by atoms with Crippen LogP contribution in [0, 0.1) is 0 Å². The Morgan fingerprint density at radius 2 is 2.03 bits per heavy atom. The molecule has 1 amide bonds. The molecule has 1 saturated heterocycles. The Morgan fingerprint density at radius 1 is 1.24 bits per heavy atom. The molecule has 172 valence electrons. The number of carbonyl (C=O) groups is 2. The zero-order chi connectivity index (χ0) is 23.4. The van der Waals surface area contributed by atoms with Crippen molar-refractivity contribution in [1.29, 1.82) is 0 Å². The second-order valence-corrected chi connectivity index (χ2v) is 8.30. The van der Waals surface area contributed by atoms with Crippen LogP contribution in [0.1, 0.15) is 10.4 Å². The smallest absolute Gasteiger partial charge is 0.289 e. The van der Waals surface area contributed by atoms with E-state index < -0.39 is 11.7 Å². The van der Waals surface area contributed by atoms with Gasteiger partial charge in [-0.15, -0.1) is 11.3 Å². The van der Waals surface area contributed by atoms with Gasteiger partial charge in [0.15, 0.2) is 5.82 Å². The van der Waals surface area contributed by atoms with Gasteiger partial charge in [0.1, 0.15) is 15.8 Å². The number of rotatable bonds is 8. The summed E-state index contributed by atoms with van der Waals surface area (Å²) in [6.45, 7) is 2.94. The van der Waals surface area contributed by atoms with Crippen LogP contribution in [0.3, 0.4) is 0 Å². The van der Waals surface area contributed by atoms with E-state index in [9.17, 15) is 9.59 Å². The molecule has 33 heavy (non-hydrogen) atoms. The Bertz CT molecular complexity index is 1180. The molecule has 1 aliphatic heterocycles. The molecule has 4 rings (SSSR count). The molecule has 3 heterocycles. The van der Waals surface area contributed by atoms with Crippen molar-refractivity contribution in [3.63, 3.8) is 0 Å². The summed E-state index contributed by atoms with van der Waals surface area (Å²) in [6, 6.07) is 7.32. The first kappa shape index (κ1) is 22.8. The fourth-order valence-electron chi connectivity index (χ4n) is 3.27. The molecule has 2 aromatic heterocycles. The number of morpholine rings is 1. The van der Waals surface area contributed by atoms with Gasteiger partial charge in [0.25, 0.3) is 11.7 Å². The maximum Gasteiger partial charge on any atom is 0.289 e. The van der Waals surface area contributed by atoms with E-state index in [1.165, 1.54) is 23.6 Å². The van der Waals surface area contributed by atoms with Gasteiger partial charge in [-0.25, -0.2) is 4.98 Å². The van der Waals surface area contributed by atoms with E-state index in [0.29, 0.717) is 29.7 Å². The van der Waals surface area contributed by atoms with E-state index in [4.69, 9.17) is 26.8 Å². The van der Waals surface area contributed by atoms with Crippen molar-refractivity contribution in [2.75, 3.05) is 48.9 Å². The van der Waals surface area contributed by atoms with Crippen LogP contribution in [-0.2, 0) is 9.53 Å². The molecule has 1 aromatic carbocycles. The minimum Gasteiger partial charge on any atom is -0.495 e. The largest absolute Gasteiger partial charge is 0.495 e. The van der Waals surface area contributed by atoms with Crippen LogP contribution < -0.4 is 26.0 Å². The number of nitrogens with one attached hydrogen (secondary N) is 2. The Labute approximate surface area is 198 Å². The average Bonchev–Trinajstić information content (AvgIpc) is 3.29. The van der Waals surface area contributed by atoms with Gasteiger partial charge in [0.2, 0.25) is 5.95 Å². The number of hydrogen-bond acceptors (Lipinski definition) is 10. The van der Waals surface area contributed by atoms with Crippen molar-refractivity contribution in [3.8, 4) is 5.75 Å². The van der Waals surface area contributed by atoms with E-state index in [0.717, 1.165) is 18.8 Å². The van der Waals surface area contributed by atoms with Crippen LogP contribution in [0.15, 0.2) is 35.8 Å². The standard InChI is InChI=1S/C21H21ClN6O4S/c1-31-16-3-2-12(28-5-7-32-8-6-28)10-15(16)25-21-24-11-14(22)19(27-21)26-20-13(4-9-33-20)17(29)18(23)30/h2-4,9-11H,5-8H2,1H3,(H2,23,30)(H2,24,25,26,27). The van der Waals surface area contributed by atoms with Crippen LogP contribution in [0.25, 0.3) is 0 Å². The number of methoxy groups -OCH3 is 1. The molecule has 0 bridgehead atoms. The summed E-state index contributed by atoms with van der Waals surface area (Å²) in [5.74, 6) is -0.698. The molecule has 1 aliphatic rings. The zero-order valence-electron chi connectivity index (χ0n) is 17.6. The summed E-state index contributed by atoms with van der Waals surface area (Å²) < 4.78 is 10.9. The average molecular weight is 489 g/mol. The van der Waals surface area contributed by atoms with Gasteiger partial charge in [0.05, 0.1) is 37.8 Å². The topological polar surface area (TPSA) is 132 Å². The van der Waals surface area contributed by atoms with Crippen LogP contribution >= 0.6 is 22.9 Å². The van der Waals surface area contributed by atoms with E-state index in [1.54, 1.807) is 12.5 Å². The number of ether oxygens (including phenoxy) is 2. The number of aromatic nitrogens is 2. The molecule has 12 heteroatoms. The van der Waals surface area contributed by atoms with Crippen molar-refractivity contribution in [2.24, 2.45) is 5.73 Å². The number of benzene rings is 1. The van der Waals surface area contributed by atoms with Gasteiger partial charge in [-0.1, -0.05) is 11.6 Å². The molecule has 3 aromatic rings. The predicted octanol–water partition coefficient (Wildman–Crippen LogP) is 3.19. The third-order valence-electron chi connectivity index (χ3n) is 4.92. The minimum absolute atomic E-state index is 0.150. The molecule has 0 radical (unpaired) electrons. The first-order chi connectivity index (χ1) is 16.0. The van der Waals surface area contributed by atoms with Crippen molar-refractivity contribution in [3.05, 3.63) is 46.4 Å². The maximum atomic E-state index is 12.0. The molecule has 4 N–H and O–H groups in total. The fraction of sp³-hybridized carbons (Fsp3) is 0.238. The predicted molar refractivity (Wildman–Crippen MR) is 127 cm³/mol. The fourth-order valence-corrected chi connectivity index (χ4v) is 4.19. The number of ketones is 1. The number of primary amides is 1. The Hall–Kier alpha value is -3.41. The molecule has 0 spiro atoms. The van der Waals surface area contributed by atoms with Gasteiger partial charge in [0, 0.05) is 18.8 Å². The van der Waals surface area contributed by atoms with Crippen molar-refractivity contribution < 1.29 is 19.1 Å². The number of anilines is 5. The summed E-state index contributed by atoms with van der Waals surface area (Å²) in [5.41, 5.74) is 6.97.